The van der Waals surface area contributed by atoms with Gasteiger partial charge in [-0.1, -0.05) is 72.5 Å². The van der Waals surface area contributed by atoms with E-state index in [0.29, 0.717) is 27.1 Å². The summed E-state index contributed by atoms with van der Waals surface area (Å²) in [4.78, 5) is 27.8. The molecule has 2 heterocycles. The molecule has 5 nitrogen and oxygen atoms in total. The van der Waals surface area contributed by atoms with Gasteiger partial charge >= 0.3 is 5.97 Å². The number of hydrogen-bond acceptors (Lipinski definition) is 6. The maximum absolute atomic E-state index is 12.8. The van der Waals surface area contributed by atoms with E-state index in [1.807, 2.05) is 54.6 Å². The Morgan fingerprint density at radius 1 is 1.12 bits per heavy atom. The number of hydrogen-bond donors (Lipinski definition) is 0. The van der Waals surface area contributed by atoms with Crippen LogP contribution in [0.4, 0.5) is 0 Å². The number of rotatable bonds is 5. The molecule has 0 spiro atoms. The number of nitrogens with zero attached hydrogens (tertiary/aromatic N) is 1. The van der Waals surface area contributed by atoms with Gasteiger partial charge < -0.3 is 9.47 Å². The number of esters is 1. The van der Waals surface area contributed by atoms with Crippen molar-refractivity contribution in [3.8, 4) is 5.75 Å². The van der Waals surface area contributed by atoms with Crippen LogP contribution in [0, 0.1) is 0 Å². The van der Waals surface area contributed by atoms with E-state index in [-0.39, 0.29) is 12.0 Å². The fourth-order valence-electron chi connectivity index (χ4n) is 4.00. The molecule has 3 aromatic carbocycles. The van der Waals surface area contributed by atoms with Crippen molar-refractivity contribution in [1.29, 1.82) is 0 Å². The summed E-state index contributed by atoms with van der Waals surface area (Å²) in [6, 6.07) is 20.4. The van der Waals surface area contributed by atoms with Crippen LogP contribution < -0.4 is 4.74 Å². The van der Waals surface area contributed by atoms with E-state index < -0.39 is 5.97 Å². The van der Waals surface area contributed by atoms with Crippen LogP contribution in [0.2, 0.25) is 0 Å². The van der Waals surface area contributed by atoms with Crippen molar-refractivity contribution < 1.29 is 19.1 Å². The average molecular weight is 476 g/mol. The van der Waals surface area contributed by atoms with Crippen LogP contribution in [-0.4, -0.2) is 40.4 Å². The second-order valence-corrected chi connectivity index (χ2v) is 9.59. The zero-order valence-corrected chi connectivity index (χ0v) is 19.4. The first-order valence-electron chi connectivity index (χ1n) is 10.8. The minimum Gasteiger partial charge on any atom is -0.423 e. The third-order valence-electron chi connectivity index (χ3n) is 5.68. The van der Waals surface area contributed by atoms with Gasteiger partial charge in [-0.25, -0.2) is 4.79 Å². The van der Waals surface area contributed by atoms with Crippen LogP contribution in [0.1, 0.15) is 28.8 Å². The maximum atomic E-state index is 12.8. The highest BCUT2D eigenvalue weighted by Gasteiger charge is 2.34. The van der Waals surface area contributed by atoms with Gasteiger partial charge in [0.15, 0.2) is 0 Å². The number of thiocarbonyl (C=S) groups is 1. The molecule has 7 heteroatoms. The van der Waals surface area contributed by atoms with Gasteiger partial charge in [-0.15, -0.1) is 0 Å². The zero-order valence-electron chi connectivity index (χ0n) is 17.7. The molecule has 0 aromatic heterocycles. The van der Waals surface area contributed by atoms with Crippen molar-refractivity contribution in [2.75, 3.05) is 13.2 Å². The first-order valence-corrected chi connectivity index (χ1v) is 12.0. The van der Waals surface area contributed by atoms with E-state index in [1.54, 1.807) is 23.1 Å². The monoisotopic (exact) mass is 475 g/mol. The summed E-state index contributed by atoms with van der Waals surface area (Å²) in [5.41, 5.74) is 1.35. The summed E-state index contributed by atoms with van der Waals surface area (Å²) in [7, 11) is 0. The van der Waals surface area contributed by atoms with E-state index in [1.165, 1.54) is 11.8 Å². The molecule has 0 saturated carbocycles. The molecule has 2 saturated heterocycles. The molecule has 1 amide bonds. The van der Waals surface area contributed by atoms with Gasteiger partial charge in [0.05, 0.1) is 23.1 Å². The summed E-state index contributed by atoms with van der Waals surface area (Å²) in [6.45, 7) is 1.25. The van der Waals surface area contributed by atoms with Crippen molar-refractivity contribution >= 4 is 57.0 Å². The minimum atomic E-state index is -0.408. The largest absolute Gasteiger partial charge is 0.423 e. The molecule has 0 radical (unpaired) electrons. The number of fused-ring (bicyclic) bond motifs is 1. The quantitative estimate of drug-likeness (QED) is 0.212. The Hall–Kier alpha value is -3.00. The van der Waals surface area contributed by atoms with E-state index in [0.717, 1.165) is 35.8 Å². The lowest BCUT2D eigenvalue weighted by Crippen LogP contribution is -2.35. The van der Waals surface area contributed by atoms with Gasteiger partial charge in [-0.2, -0.15) is 0 Å². The van der Waals surface area contributed by atoms with Crippen LogP contribution in [0.3, 0.4) is 0 Å². The van der Waals surface area contributed by atoms with Gasteiger partial charge in [-0.3, -0.25) is 9.69 Å². The molecule has 33 heavy (non-hydrogen) atoms. The summed E-state index contributed by atoms with van der Waals surface area (Å²) >= 11 is 6.71. The van der Waals surface area contributed by atoms with Crippen LogP contribution in [0.5, 0.6) is 5.75 Å². The predicted octanol–water partition coefficient (Wildman–Crippen LogP) is 5.44. The highest BCUT2D eigenvalue weighted by molar-refractivity contribution is 8.26. The van der Waals surface area contributed by atoms with Crippen molar-refractivity contribution in [2.45, 2.75) is 18.9 Å². The normalized spacial score (nSPS) is 19.6. The Bertz CT molecular complexity index is 1260. The number of amides is 1. The van der Waals surface area contributed by atoms with Crippen molar-refractivity contribution in [3.05, 3.63) is 82.8 Å². The van der Waals surface area contributed by atoms with Gasteiger partial charge in [0, 0.05) is 6.61 Å². The van der Waals surface area contributed by atoms with Crippen molar-refractivity contribution in [3.63, 3.8) is 0 Å². The molecule has 0 bridgehead atoms. The molecule has 2 aliphatic rings. The minimum absolute atomic E-state index is 0.0579. The molecule has 0 aliphatic carbocycles. The first kappa shape index (κ1) is 21.8. The van der Waals surface area contributed by atoms with Gasteiger partial charge in [0.25, 0.3) is 5.91 Å². The Morgan fingerprint density at radius 3 is 2.70 bits per heavy atom. The first-order chi connectivity index (χ1) is 16.1. The second kappa shape index (κ2) is 9.47. The summed E-state index contributed by atoms with van der Waals surface area (Å²) in [5, 5.41) is 1.84. The van der Waals surface area contributed by atoms with Gasteiger partial charge in [-0.05, 0) is 53.5 Å². The third kappa shape index (κ3) is 4.71. The lowest BCUT2D eigenvalue weighted by Gasteiger charge is -2.18. The van der Waals surface area contributed by atoms with E-state index in [2.05, 4.69) is 0 Å². The van der Waals surface area contributed by atoms with E-state index in [9.17, 15) is 9.59 Å². The van der Waals surface area contributed by atoms with Gasteiger partial charge in [0.1, 0.15) is 10.1 Å². The fraction of sp³-hybridized carbons (Fsp3) is 0.192. The Balaban J connectivity index is 1.27. The summed E-state index contributed by atoms with van der Waals surface area (Å²) in [5.74, 6) is -0.0578. The lowest BCUT2D eigenvalue weighted by atomic mass is 10.0. The van der Waals surface area contributed by atoms with E-state index in [4.69, 9.17) is 21.7 Å². The fourth-order valence-corrected chi connectivity index (χ4v) is 5.27. The Labute approximate surface area is 201 Å². The molecular formula is C26H21NO4S2. The van der Waals surface area contributed by atoms with Crippen molar-refractivity contribution in [2.24, 2.45) is 0 Å². The maximum Gasteiger partial charge on any atom is 0.344 e. The highest BCUT2D eigenvalue weighted by Crippen LogP contribution is 2.33. The lowest BCUT2D eigenvalue weighted by molar-refractivity contribution is -0.123. The summed E-state index contributed by atoms with van der Waals surface area (Å²) in [6.07, 6.45) is 3.84. The molecule has 0 unspecified atom stereocenters. The smallest absolute Gasteiger partial charge is 0.344 e. The molecule has 5 rings (SSSR count). The SMILES string of the molecule is O=C(Oc1ccc(/C=C2\SC(=S)N(C[C@H]3CCCO3)C2=O)cc1)c1cccc2ccccc12. The van der Waals surface area contributed by atoms with Crippen LogP contribution in [-0.2, 0) is 9.53 Å². The topological polar surface area (TPSA) is 55.8 Å². The number of benzene rings is 3. The van der Waals surface area contributed by atoms with Crippen molar-refractivity contribution in [1.82, 2.24) is 4.90 Å². The Kier molecular flexibility index (Phi) is 6.26. The van der Waals surface area contributed by atoms with Gasteiger partial charge in [0.2, 0.25) is 0 Å². The number of thioether (sulfide) groups is 1. The predicted molar refractivity (Wildman–Crippen MR) is 134 cm³/mol. The molecule has 1 atom stereocenters. The van der Waals surface area contributed by atoms with E-state index >= 15 is 0 Å². The summed E-state index contributed by atoms with van der Waals surface area (Å²) < 4.78 is 11.8. The van der Waals surface area contributed by atoms with Crippen LogP contribution in [0.15, 0.2) is 71.6 Å². The number of carbonyl (C=O) groups excluding carboxylic acids is 2. The zero-order chi connectivity index (χ0) is 22.8. The third-order valence-corrected chi connectivity index (χ3v) is 7.06. The second-order valence-electron chi connectivity index (χ2n) is 7.91. The van der Waals surface area contributed by atoms with Crippen LogP contribution in [0.25, 0.3) is 16.8 Å². The Morgan fingerprint density at radius 2 is 1.91 bits per heavy atom. The molecule has 2 aliphatic heterocycles. The molecule has 2 fully saturated rings. The van der Waals surface area contributed by atoms with Crippen LogP contribution >= 0.6 is 24.0 Å². The molecule has 0 N–H and O–H groups in total. The average Bonchev–Trinajstić information content (AvgIpc) is 3.44. The highest BCUT2D eigenvalue weighted by atomic mass is 32.2. The number of ether oxygens (including phenoxy) is 2. The number of carbonyl (C=O) groups is 2. The molecule has 166 valence electrons. The standard InChI is InChI=1S/C26H21NO4S2/c28-24-23(33-26(32)27(24)16-20-7-4-14-30-20)15-17-10-12-19(13-11-17)31-25(29)22-9-3-6-18-5-1-2-8-21(18)22/h1-3,5-6,8-13,15,20H,4,7,14,16H2/b23-15-/t20-/m1/s1. The molecular weight excluding hydrogens is 454 g/mol. The molecule has 3 aromatic rings.